The number of benzene rings is 2. The fourth-order valence-corrected chi connectivity index (χ4v) is 2.81. The molecule has 0 fully saturated rings. The molecule has 150 valence electrons. The van der Waals surface area contributed by atoms with Crippen LogP contribution in [0.5, 0.6) is 23.0 Å². The highest BCUT2D eigenvalue weighted by Crippen LogP contribution is 2.40. The van der Waals surface area contributed by atoms with E-state index < -0.39 is 0 Å². The highest BCUT2D eigenvalue weighted by atomic mass is 16.5. The van der Waals surface area contributed by atoms with Gasteiger partial charge in [-0.1, -0.05) is 18.2 Å². The van der Waals surface area contributed by atoms with Crippen LogP contribution >= 0.6 is 0 Å². The maximum Gasteiger partial charge on any atom is 0.244 e. The van der Waals surface area contributed by atoms with Crippen LogP contribution in [0.1, 0.15) is 18.1 Å². The standard InChI is InChI=1S/C22H27NO5/c1-5-28-18-9-7-6-8-16(18)14-15-23-20(24)13-11-17-10-12-19(25-2)22(27-4)21(17)26-3/h6-13H,5,14-15H2,1-4H3,(H,23,24)/b13-11+. The molecule has 0 aliphatic heterocycles. The third-order valence-electron chi connectivity index (χ3n) is 4.11. The van der Waals surface area contributed by atoms with E-state index in [0.717, 1.165) is 16.9 Å². The summed E-state index contributed by atoms with van der Waals surface area (Å²) in [7, 11) is 4.65. The minimum Gasteiger partial charge on any atom is -0.494 e. The van der Waals surface area contributed by atoms with Crippen molar-refractivity contribution in [2.45, 2.75) is 13.3 Å². The molecule has 0 saturated carbocycles. The number of nitrogens with one attached hydrogen (secondary N) is 1. The molecule has 28 heavy (non-hydrogen) atoms. The molecule has 2 aromatic carbocycles. The Hall–Kier alpha value is -3.15. The third kappa shape index (κ3) is 5.42. The van der Waals surface area contributed by atoms with Crippen LogP contribution in [0.15, 0.2) is 42.5 Å². The average Bonchev–Trinajstić information content (AvgIpc) is 2.72. The second-order valence-corrected chi connectivity index (χ2v) is 5.84. The van der Waals surface area contributed by atoms with Gasteiger partial charge in [-0.05, 0) is 43.2 Å². The number of para-hydroxylation sites is 1. The Morgan fingerprint density at radius 1 is 0.964 bits per heavy atom. The average molecular weight is 385 g/mol. The van der Waals surface area contributed by atoms with Gasteiger partial charge in [-0.2, -0.15) is 0 Å². The number of ether oxygens (including phenoxy) is 4. The van der Waals surface area contributed by atoms with Gasteiger partial charge in [0.05, 0.1) is 27.9 Å². The zero-order valence-electron chi connectivity index (χ0n) is 16.8. The highest BCUT2D eigenvalue weighted by molar-refractivity contribution is 5.92. The molecule has 0 aliphatic carbocycles. The van der Waals surface area contributed by atoms with E-state index in [-0.39, 0.29) is 5.91 Å². The summed E-state index contributed by atoms with van der Waals surface area (Å²) in [5.74, 6) is 2.22. The zero-order valence-corrected chi connectivity index (χ0v) is 16.8. The maximum absolute atomic E-state index is 12.2. The normalized spacial score (nSPS) is 10.6. The lowest BCUT2D eigenvalue weighted by Gasteiger charge is -2.14. The minimum atomic E-state index is -0.189. The van der Waals surface area contributed by atoms with E-state index in [1.54, 1.807) is 33.5 Å². The molecule has 0 heterocycles. The number of hydrogen-bond donors (Lipinski definition) is 1. The van der Waals surface area contributed by atoms with E-state index in [1.807, 2.05) is 37.3 Å². The lowest BCUT2D eigenvalue weighted by Crippen LogP contribution is -2.23. The van der Waals surface area contributed by atoms with Crippen molar-refractivity contribution in [3.63, 3.8) is 0 Å². The molecule has 0 aromatic heterocycles. The quantitative estimate of drug-likeness (QED) is 0.634. The molecule has 6 heteroatoms. The largest absolute Gasteiger partial charge is 0.494 e. The monoisotopic (exact) mass is 385 g/mol. The Kier molecular flexibility index (Phi) is 8.21. The third-order valence-corrected chi connectivity index (χ3v) is 4.11. The highest BCUT2D eigenvalue weighted by Gasteiger charge is 2.14. The SMILES string of the molecule is CCOc1ccccc1CCNC(=O)/C=C/c1ccc(OC)c(OC)c1OC. The molecule has 0 spiro atoms. The van der Waals surface area contributed by atoms with Crippen molar-refractivity contribution >= 4 is 12.0 Å². The van der Waals surface area contributed by atoms with Crippen molar-refractivity contribution in [2.24, 2.45) is 0 Å². The molecule has 0 atom stereocenters. The van der Waals surface area contributed by atoms with Gasteiger partial charge in [0, 0.05) is 18.2 Å². The number of rotatable bonds is 10. The van der Waals surface area contributed by atoms with Crippen molar-refractivity contribution in [3.8, 4) is 23.0 Å². The first-order valence-electron chi connectivity index (χ1n) is 9.10. The molecule has 1 amide bonds. The maximum atomic E-state index is 12.2. The minimum absolute atomic E-state index is 0.189. The number of amides is 1. The van der Waals surface area contributed by atoms with Gasteiger partial charge >= 0.3 is 0 Å². The van der Waals surface area contributed by atoms with Crippen molar-refractivity contribution in [3.05, 3.63) is 53.6 Å². The Morgan fingerprint density at radius 3 is 2.39 bits per heavy atom. The Bertz CT molecular complexity index is 817. The van der Waals surface area contributed by atoms with Gasteiger partial charge in [0.1, 0.15) is 5.75 Å². The first-order valence-corrected chi connectivity index (χ1v) is 9.10. The Morgan fingerprint density at radius 2 is 1.71 bits per heavy atom. The molecular formula is C22H27NO5. The predicted octanol–water partition coefficient (Wildman–Crippen LogP) is 3.48. The van der Waals surface area contributed by atoms with E-state index >= 15 is 0 Å². The number of methoxy groups -OCH3 is 3. The molecule has 0 bridgehead atoms. The molecule has 2 aromatic rings. The second-order valence-electron chi connectivity index (χ2n) is 5.84. The Balaban J connectivity index is 1.99. The molecule has 1 N–H and O–H groups in total. The van der Waals surface area contributed by atoms with Gasteiger partial charge in [0.2, 0.25) is 11.7 Å². The van der Waals surface area contributed by atoms with Crippen LogP contribution in [0, 0.1) is 0 Å². The van der Waals surface area contributed by atoms with Gasteiger partial charge < -0.3 is 24.3 Å². The molecule has 6 nitrogen and oxygen atoms in total. The van der Waals surface area contributed by atoms with Crippen LogP contribution in [0.3, 0.4) is 0 Å². The fourth-order valence-electron chi connectivity index (χ4n) is 2.81. The number of carbonyl (C=O) groups is 1. The smallest absolute Gasteiger partial charge is 0.244 e. The second kappa shape index (κ2) is 10.9. The summed E-state index contributed by atoms with van der Waals surface area (Å²) >= 11 is 0. The topological polar surface area (TPSA) is 66.0 Å². The van der Waals surface area contributed by atoms with Crippen molar-refractivity contribution in [2.75, 3.05) is 34.5 Å². The van der Waals surface area contributed by atoms with Crippen molar-refractivity contribution in [1.29, 1.82) is 0 Å². The van der Waals surface area contributed by atoms with E-state index in [4.69, 9.17) is 18.9 Å². The molecule has 0 saturated heterocycles. The van der Waals surface area contributed by atoms with Crippen LogP contribution in [-0.2, 0) is 11.2 Å². The fraction of sp³-hybridized carbons (Fsp3) is 0.318. The molecule has 0 unspecified atom stereocenters. The Labute approximate surface area is 166 Å². The summed E-state index contributed by atoms with van der Waals surface area (Å²) in [5.41, 5.74) is 1.78. The van der Waals surface area contributed by atoms with E-state index in [2.05, 4.69) is 5.32 Å². The van der Waals surface area contributed by atoms with Gasteiger partial charge in [-0.15, -0.1) is 0 Å². The summed E-state index contributed by atoms with van der Waals surface area (Å²) in [6, 6.07) is 11.4. The lowest BCUT2D eigenvalue weighted by atomic mass is 10.1. The van der Waals surface area contributed by atoms with E-state index in [9.17, 15) is 4.79 Å². The van der Waals surface area contributed by atoms with E-state index in [1.165, 1.54) is 6.08 Å². The van der Waals surface area contributed by atoms with Gasteiger partial charge in [0.15, 0.2) is 11.5 Å². The summed E-state index contributed by atoms with van der Waals surface area (Å²) in [6.45, 7) is 3.07. The molecule has 0 aliphatic rings. The zero-order chi connectivity index (χ0) is 20.4. The molecule has 0 radical (unpaired) electrons. The van der Waals surface area contributed by atoms with Crippen LogP contribution in [-0.4, -0.2) is 40.4 Å². The molecular weight excluding hydrogens is 358 g/mol. The van der Waals surface area contributed by atoms with Crippen molar-refractivity contribution in [1.82, 2.24) is 5.32 Å². The predicted molar refractivity (Wildman–Crippen MR) is 109 cm³/mol. The summed E-state index contributed by atoms with van der Waals surface area (Å²) in [5, 5.41) is 2.88. The summed E-state index contributed by atoms with van der Waals surface area (Å²) in [4.78, 5) is 12.2. The summed E-state index contributed by atoms with van der Waals surface area (Å²) < 4.78 is 21.6. The first kappa shape index (κ1) is 21.2. The van der Waals surface area contributed by atoms with Crippen molar-refractivity contribution < 1.29 is 23.7 Å². The van der Waals surface area contributed by atoms with Gasteiger partial charge in [-0.3, -0.25) is 4.79 Å². The van der Waals surface area contributed by atoms with Gasteiger partial charge in [0.25, 0.3) is 0 Å². The van der Waals surface area contributed by atoms with Crippen LogP contribution < -0.4 is 24.3 Å². The lowest BCUT2D eigenvalue weighted by molar-refractivity contribution is -0.116. The van der Waals surface area contributed by atoms with Crippen LogP contribution in [0.4, 0.5) is 0 Å². The first-order chi connectivity index (χ1) is 13.6. The summed E-state index contributed by atoms with van der Waals surface area (Å²) in [6.07, 6.45) is 3.85. The number of hydrogen-bond acceptors (Lipinski definition) is 5. The van der Waals surface area contributed by atoms with Gasteiger partial charge in [-0.25, -0.2) is 0 Å². The number of carbonyl (C=O) groups excluding carboxylic acids is 1. The van der Waals surface area contributed by atoms with Crippen LogP contribution in [0.25, 0.3) is 6.08 Å². The van der Waals surface area contributed by atoms with Crippen LogP contribution in [0.2, 0.25) is 0 Å². The van der Waals surface area contributed by atoms with E-state index in [0.29, 0.717) is 36.8 Å². The molecule has 2 rings (SSSR count).